The van der Waals surface area contributed by atoms with Gasteiger partial charge in [0.1, 0.15) is 12.4 Å². The number of ether oxygens (including phenoxy) is 2. The minimum atomic E-state index is 0.541. The highest BCUT2D eigenvalue weighted by Gasteiger charge is 2.06. The van der Waals surface area contributed by atoms with Gasteiger partial charge in [0.25, 0.3) is 0 Å². The molecule has 1 aromatic heterocycles. The Morgan fingerprint density at radius 1 is 1.18 bits per heavy atom. The Hall–Kier alpha value is -2.12. The van der Waals surface area contributed by atoms with Crippen molar-refractivity contribution in [2.24, 2.45) is 4.99 Å². The second-order valence-corrected chi connectivity index (χ2v) is 7.71. The lowest BCUT2D eigenvalue weighted by molar-refractivity contribution is 0.110. The SMILES string of the molecule is CCNC(=NCc1ccc(C)cc1OCCOCC)NCCc1ncc(C)s1. The molecule has 1 aromatic carbocycles. The first-order valence-electron chi connectivity index (χ1n) is 9.86. The van der Waals surface area contributed by atoms with E-state index in [9.17, 15) is 0 Å². The third-order valence-electron chi connectivity index (χ3n) is 3.96. The Bertz CT molecular complexity index is 746. The molecule has 0 radical (unpaired) electrons. The average Bonchev–Trinajstić information content (AvgIpc) is 3.09. The van der Waals surface area contributed by atoms with Crippen LogP contribution in [0.25, 0.3) is 0 Å². The molecule has 0 saturated heterocycles. The molecule has 154 valence electrons. The van der Waals surface area contributed by atoms with E-state index in [1.807, 2.05) is 13.1 Å². The van der Waals surface area contributed by atoms with E-state index in [0.717, 1.165) is 41.8 Å². The zero-order valence-electron chi connectivity index (χ0n) is 17.4. The highest BCUT2D eigenvalue weighted by atomic mass is 32.1. The predicted molar refractivity (Wildman–Crippen MR) is 117 cm³/mol. The van der Waals surface area contributed by atoms with Gasteiger partial charge in [-0.05, 0) is 39.3 Å². The van der Waals surface area contributed by atoms with Crippen LogP contribution in [0.3, 0.4) is 0 Å². The summed E-state index contributed by atoms with van der Waals surface area (Å²) in [5.41, 5.74) is 2.23. The number of aryl methyl sites for hydroxylation is 2. The van der Waals surface area contributed by atoms with Crippen LogP contribution in [0.1, 0.15) is 34.9 Å². The van der Waals surface area contributed by atoms with E-state index in [1.165, 1.54) is 10.4 Å². The third-order valence-corrected chi connectivity index (χ3v) is 4.94. The van der Waals surface area contributed by atoms with Gasteiger partial charge in [-0.1, -0.05) is 12.1 Å². The molecule has 0 saturated carbocycles. The number of guanidine groups is 1. The largest absolute Gasteiger partial charge is 0.491 e. The van der Waals surface area contributed by atoms with E-state index in [4.69, 9.17) is 14.5 Å². The van der Waals surface area contributed by atoms with Crippen LogP contribution in [0, 0.1) is 13.8 Å². The second-order valence-electron chi connectivity index (χ2n) is 6.39. The maximum atomic E-state index is 5.91. The predicted octanol–water partition coefficient (Wildman–Crippen LogP) is 3.47. The fourth-order valence-electron chi connectivity index (χ4n) is 2.59. The molecule has 2 N–H and O–H groups in total. The summed E-state index contributed by atoms with van der Waals surface area (Å²) in [6.45, 7) is 12.2. The highest BCUT2D eigenvalue weighted by molar-refractivity contribution is 7.11. The van der Waals surface area contributed by atoms with Gasteiger partial charge in [0.05, 0.1) is 18.2 Å². The summed E-state index contributed by atoms with van der Waals surface area (Å²) in [6.07, 6.45) is 2.81. The van der Waals surface area contributed by atoms with Crippen molar-refractivity contribution >= 4 is 17.3 Å². The lowest BCUT2D eigenvalue weighted by Gasteiger charge is -2.13. The van der Waals surface area contributed by atoms with Crippen LogP contribution in [0.15, 0.2) is 29.4 Å². The van der Waals surface area contributed by atoms with Crippen LogP contribution < -0.4 is 15.4 Å². The monoisotopic (exact) mass is 404 g/mol. The number of aliphatic imine (C=N–C) groups is 1. The van der Waals surface area contributed by atoms with Gasteiger partial charge in [0.2, 0.25) is 0 Å². The van der Waals surface area contributed by atoms with Crippen LogP contribution in [-0.4, -0.2) is 43.9 Å². The van der Waals surface area contributed by atoms with E-state index in [-0.39, 0.29) is 0 Å². The number of aromatic nitrogens is 1. The average molecular weight is 405 g/mol. The normalized spacial score (nSPS) is 11.5. The molecule has 0 aliphatic heterocycles. The number of nitrogens with zero attached hydrogens (tertiary/aromatic N) is 2. The quantitative estimate of drug-likeness (QED) is 0.341. The molecular formula is C21H32N4O2S. The summed E-state index contributed by atoms with van der Waals surface area (Å²) >= 11 is 1.74. The maximum absolute atomic E-state index is 5.91. The van der Waals surface area contributed by atoms with E-state index in [2.05, 4.69) is 54.6 Å². The van der Waals surface area contributed by atoms with Crippen molar-refractivity contribution in [3.8, 4) is 5.75 Å². The molecule has 1 heterocycles. The molecule has 0 spiro atoms. The molecule has 7 heteroatoms. The molecule has 0 aliphatic rings. The van der Waals surface area contributed by atoms with E-state index >= 15 is 0 Å². The Kier molecular flexibility index (Phi) is 9.79. The first kappa shape index (κ1) is 22.2. The van der Waals surface area contributed by atoms with Gasteiger partial charge in [-0.2, -0.15) is 0 Å². The lowest BCUT2D eigenvalue weighted by Crippen LogP contribution is -2.38. The molecule has 0 fully saturated rings. The van der Waals surface area contributed by atoms with Gasteiger partial charge in [-0.25, -0.2) is 9.98 Å². The topological polar surface area (TPSA) is 67.8 Å². The van der Waals surface area contributed by atoms with Crippen molar-refractivity contribution < 1.29 is 9.47 Å². The maximum Gasteiger partial charge on any atom is 0.191 e. The Morgan fingerprint density at radius 2 is 2.04 bits per heavy atom. The van der Waals surface area contributed by atoms with Crippen molar-refractivity contribution in [3.63, 3.8) is 0 Å². The van der Waals surface area contributed by atoms with Crippen LogP contribution in [-0.2, 0) is 17.7 Å². The Labute approximate surface area is 172 Å². The van der Waals surface area contributed by atoms with Gasteiger partial charge in [0.15, 0.2) is 5.96 Å². The van der Waals surface area contributed by atoms with Crippen LogP contribution in [0.4, 0.5) is 0 Å². The van der Waals surface area contributed by atoms with Crippen LogP contribution in [0.5, 0.6) is 5.75 Å². The number of rotatable bonds is 11. The first-order chi connectivity index (χ1) is 13.6. The molecule has 0 unspecified atom stereocenters. The smallest absolute Gasteiger partial charge is 0.191 e. The summed E-state index contributed by atoms with van der Waals surface area (Å²) in [4.78, 5) is 10.4. The Morgan fingerprint density at radius 3 is 2.75 bits per heavy atom. The summed E-state index contributed by atoms with van der Waals surface area (Å²) in [5.74, 6) is 1.68. The molecule has 0 atom stereocenters. The van der Waals surface area contributed by atoms with Gasteiger partial charge < -0.3 is 20.1 Å². The molecule has 28 heavy (non-hydrogen) atoms. The van der Waals surface area contributed by atoms with Crippen molar-refractivity contribution in [2.75, 3.05) is 32.9 Å². The van der Waals surface area contributed by atoms with Gasteiger partial charge >= 0.3 is 0 Å². The third kappa shape index (κ3) is 7.86. The highest BCUT2D eigenvalue weighted by Crippen LogP contribution is 2.21. The van der Waals surface area contributed by atoms with E-state index in [1.54, 1.807) is 11.3 Å². The van der Waals surface area contributed by atoms with Crippen molar-refractivity contribution in [2.45, 2.75) is 40.7 Å². The zero-order chi connectivity index (χ0) is 20.2. The molecule has 0 aliphatic carbocycles. The van der Waals surface area contributed by atoms with Crippen molar-refractivity contribution in [1.29, 1.82) is 0 Å². The second kappa shape index (κ2) is 12.4. The standard InChI is InChI=1S/C21H32N4O2S/c1-5-22-21(23-10-9-20-24-14-17(4)28-20)25-15-18-8-7-16(3)13-19(18)27-12-11-26-6-2/h7-8,13-14H,5-6,9-12,15H2,1-4H3,(H2,22,23,25). The number of nitrogens with one attached hydrogen (secondary N) is 2. The fourth-order valence-corrected chi connectivity index (χ4v) is 3.38. The number of hydrogen-bond donors (Lipinski definition) is 2. The summed E-state index contributed by atoms with van der Waals surface area (Å²) in [5, 5.41) is 7.82. The van der Waals surface area contributed by atoms with Crippen LogP contribution >= 0.6 is 11.3 Å². The molecule has 2 aromatic rings. The molecule has 2 rings (SSSR count). The summed E-state index contributed by atoms with van der Waals surface area (Å²) < 4.78 is 11.3. The van der Waals surface area contributed by atoms with Crippen molar-refractivity contribution in [1.82, 2.24) is 15.6 Å². The number of benzene rings is 1. The zero-order valence-corrected chi connectivity index (χ0v) is 18.2. The minimum absolute atomic E-state index is 0.541. The number of hydrogen-bond acceptors (Lipinski definition) is 5. The summed E-state index contributed by atoms with van der Waals surface area (Å²) in [7, 11) is 0. The van der Waals surface area contributed by atoms with Crippen LogP contribution in [0.2, 0.25) is 0 Å². The van der Waals surface area contributed by atoms with Crippen molar-refractivity contribution in [3.05, 3.63) is 45.4 Å². The summed E-state index contributed by atoms with van der Waals surface area (Å²) in [6, 6.07) is 6.23. The van der Waals surface area contributed by atoms with Gasteiger partial charge in [-0.3, -0.25) is 0 Å². The minimum Gasteiger partial charge on any atom is -0.491 e. The van der Waals surface area contributed by atoms with E-state index in [0.29, 0.717) is 26.4 Å². The molecule has 0 bridgehead atoms. The first-order valence-corrected chi connectivity index (χ1v) is 10.7. The molecular weight excluding hydrogens is 372 g/mol. The molecule has 6 nitrogen and oxygen atoms in total. The lowest BCUT2D eigenvalue weighted by atomic mass is 10.1. The molecule has 0 amide bonds. The van der Waals surface area contributed by atoms with Gasteiger partial charge in [0, 0.05) is 42.8 Å². The Balaban J connectivity index is 1.94. The van der Waals surface area contributed by atoms with Gasteiger partial charge in [-0.15, -0.1) is 11.3 Å². The fraction of sp³-hybridized carbons (Fsp3) is 0.524. The van der Waals surface area contributed by atoms with E-state index < -0.39 is 0 Å². The number of thiazole rings is 1.